The van der Waals surface area contributed by atoms with Crippen molar-refractivity contribution in [1.82, 2.24) is 15.6 Å². The molecule has 5 heteroatoms. The largest absolute Gasteiger partial charge is 0.361 e. The van der Waals surface area contributed by atoms with Crippen LogP contribution in [0.2, 0.25) is 5.02 Å². The zero-order valence-corrected chi connectivity index (χ0v) is 13.7. The zero-order chi connectivity index (χ0) is 15.4. The van der Waals surface area contributed by atoms with Gasteiger partial charge in [-0.05, 0) is 43.0 Å². The van der Waals surface area contributed by atoms with Crippen LogP contribution in [0.5, 0.6) is 0 Å². The molecule has 1 aromatic heterocycles. The molecule has 1 fully saturated rings. The van der Waals surface area contributed by atoms with Gasteiger partial charge in [0, 0.05) is 41.8 Å². The minimum atomic E-state index is 0.582. The van der Waals surface area contributed by atoms with E-state index in [0.29, 0.717) is 6.04 Å². The second-order valence-corrected chi connectivity index (χ2v) is 6.31. The van der Waals surface area contributed by atoms with Crippen molar-refractivity contribution in [3.8, 4) is 0 Å². The molecular weight excluding hydrogens is 296 g/mol. The van der Waals surface area contributed by atoms with Gasteiger partial charge in [0.15, 0.2) is 5.96 Å². The van der Waals surface area contributed by atoms with Crippen LogP contribution in [0.3, 0.4) is 0 Å². The minimum absolute atomic E-state index is 0.582. The van der Waals surface area contributed by atoms with Crippen LogP contribution in [0.4, 0.5) is 0 Å². The summed E-state index contributed by atoms with van der Waals surface area (Å²) in [5.74, 6) is 0.907. The number of rotatable bonds is 4. The van der Waals surface area contributed by atoms with Gasteiger partial charge < -0.3 is 15.6 Å². The molecule has 3 rings (SSSR count). The molecule has 1 aliphatic carbocycles. The number of guanidine groups is 1. The average molecular weight is 319 g/mol. The van der Waals surface area contributed by atoms with Crippen molar-refractivity contribution in [2.24, 2.45) is 4.99 Å². The number of hydrogen-bond acceptors (Lipinski definition) is 1. The number of nitrogens with one attached hydrogen (secondary N) is 3. The Balaban J connectivity index is 1.55. The Kier molecular flexibility index (Phi) is 4.88. The quantitative estimate of drug-likeness (QED) is 0.597. The number of fused-ring (bicyclic) bond motifs is 1. The van der Waals surface area contributed by atoms with E-state index >= 15 is 0 Å². The van der Waals surface area contributed by atoms with Crippen molar-refractivity contribution < 1.29 is 0 Å². The number of aliphatic imine (C=N–C) groups is 1. The predicted octanol–water partition coefficient (Wildman–Crippen LogP) is 3.47. The molecule has 0 radical (unpaired) electrons. The summed E-state index contributed by atoms with van der Waals surface area (Å²) in [6.07, 6.45) is 8.15. The molecule has 0 saturated heterocycles. The number of aromatic amines is 1. The molecule has 0 spiro atoms. The lowest BCUT2D eigenvalue weighted by molar-refractivity contribution is 0.613. The highest BCUT2D eigenvalue weighted by Crippen LogP contribution is 2.22. The molecule has 0 atom stereocenters. The number of H-pyrrole nitrogens is 1. The van der Waals surface area contributed by atoms with E-state index in [1.807, 2.05) is 25.2 Å². The Bertz CT molecular complexity index is 656. The zero-order valence-electron chi connectivity index (χ0n) is 13.0. The Hall–Kier alpha value is -1.68. The van der Waals surface area contributed by atoms with Crippen molar-refractivity contribution in [1.29, 1.82) is 0 Å². The van der Waals surface area contributed by atoms with E-state index in [1.54, 1.807) is 0 Å². The lowest BCUT2D eigenvalue weighted by Crippen LogP contribution is -2.42. The molecule has 118 valence electrons. The van der Waals surface area contributed by atoms with Gasteiger partial charge in [-0.15, -0.1) is 0 Å². The molecule has 1 aliphatic rings. The SMILES string of the molecule is CN=C(NCCc1c[nH]c2ccc(Cl)cc12)NC1CCCC1. The maximum atomic E-state index is 6.09. The fourth-order valence-corrected chi connectivity index (χ4v) is 3.30. The van der Waals surface area contributed by atoms with E-state index < -0.39 is 0 Å². The van der Waals surface area contributed by atoms with E-state index in [9.17, 15) is 0 Å². The third-order valence-electron chi connectivity index (χ3n) is 4.34. The Labute approximate surface area is 136 Å². The van der Waals surface area contributed by atoms with Crippen LogP contribution in [-0.4, -0.2) is 30.6 Å². The highest BCUT2D eigenvalue weighted by Gasteiger charge is 2.15. The lowest BCUT2D eigenvalue weighted by Gasteiger charge is -2.16. The summed E-state index contributed by atoms with van der Waals surface area (Å²) in [5.41, 5.74) is 2.41. The van der Waals surface area contributed by atoms with E-state index in [1.165, 1.54) is 36.6 Å². The molecule has 1 saturated carbocycles. The van der Waals surface area contributed by atoms with Gasteiger partial charge in [0.05, 0.1) is 0 Å². The van der Waals surface area contributed by atoms with Gasteiger partial charge in [-0.1, -0.05) is 24.4 Å². The van der Waals surface area contributed by atoms with Crippen LogP contribution < -0.4 is 10.6 Å². The molecule has 22 heavy (non-hydrogen) atoms. The number of aromatic nitrogens is 1. The first-order chi connectivity index (χ1) is 10.8. The first-order valence-electron chi connectivity index (χ1n) is 7.99. The molecule has 3 N–H and O–H groups in total. The number of halogens is 1. The van der Waals surface area contributed by atoms with Gasteiger partial charge in [-0.25, -0.2) is 0 Å². The van der Waals surface area contributed by atoms with Crippen LogP contribution in [0.15, 0.2) is 29.4 Å². The minimum Gasteiger partial charge on any atom is -0.361 e. The smallest absolute Gasteiger partial charge is 0.191 e. The monoisotopic (exact) mass is 318 g/mol. The van der Waals surface area contributed by atoms with Gasteiger partial charge >= 0.3 is 0 Å². The summed E-state index contributed by atoms with van der Waals surface area (Å²) in [6.45, 7) is 0.853. The number of benzene rings is 1. The Morgan fingerprint density at radius 3 is 2.95 bits per heavy atom. The van der Waals surface area contributed by atoms with Crippen LogP contribution in [0.25, 0.3) is 10.9 Å². The highest BCUT2D eigenvalue weighted by molar-refractivity contribution is 6.31. The van der Waals surface area contributed by atoms with E-state index in [4.69, 9.17) is 11.6 Å². The first-order valence-corrected chi connectivity index (χ1v) is 8.37. The summed E-state index contributed by atoms with van der Waals surface area (Å²) < 4.78 is 0. The second kappa shape index (κ2) is 7.05. The van der Waals surface area contributed by atoms with E-state index in [2.05, 4.69) is 26.8 Å². The highest BCUT2D eigenvalue weighted by atomic mass is 35.5. The summed E-state index contributed by atoms with van der Waals surface area (Å²) in [7, 11) is 1.83. The third kappa shape index (κ3) is 3.55. The maximum Gasteiger partial charge on any atom is 0.191 e. The normalized spacial score (nSPS) is 16.4. The molecule has 0 aliphatic heterocycles. The van der Waals surface area contributed by atoms with Gasteiger partial charge in [-0.3, -0.25) is 4.99 Å². The Morgan fingerprint density at radius 2 is 2.18 bits per heavy atom. The van der Waals surface area contributed by atoms with E-state index in [-0.39, 0.29) is 0 Å². The predicted molar refractivity (Wildman–Crippen MR) is 93.8 cm³/mol. The number of hydrogen-bond donors (Lipinski definition) is 3. The van der Waals surface area contributed by atoms with E-state index in [0.717, 1.165) is 29.5 Å². The van der Waals surface area contributed by atoms with Crippen LogP contribution in [-0.2, 0) is 6.42 Å². The Morgan fingerprint density at radius 1 is 1.36 bits per heavy atom. The second-order valence-electron chi connectivity index (χ2n) is 5.88. The van der Waals surface area contributed by atoms with Crippen LogP contribution >= 0.6 is 11.6 Å². The summed E-state index contributed by atoms with van der Waals surface area (Å²) in [4.78, 5) is 7.61. The van der Waals surface area contributed by atoms with Crippen molar-refractivity contribution in [3.05, 3.63) is 35.0 Å². The molecule has 0 amide bonds. The van der Waals surface area contributed by atoms with Crippen LogP contribution in [0, 0.1) is 0 Å². The van der Waals surface area contributed by atoms with Crippen molar-refractivity contribution in [2.75, 3.05) is 13.6 Å². The average Bonchev–Trinajstić information content (AvgIpc) is 3.16. The molecule has 1 heterocycles. The molecule has 2 aromatic rings. The summed E-state index contributed by atoms with van der Waals surface area (Å²) in [5, 5.41) is 8.89. The van der Waals surface area contributed by atoms with Gasteiger partial charge in [0.2, 0.25) is 0 Å². The topological polar surface area (TPSA) is 52.2 Å². The third-order valence-corrected chi connectivity index (χ3v) is 4.57. The summed E-state index contributed by atoms with van der Waals surface area (Å²) in [6, 6.07) is 6.54. The molecule has 0 unspecified atom stereocenters. The fraction of sp³-hybridized carbons (Fsp3) is 0.471. The first kappa shape index (κ1) is 15.2. The molecule has 4 nitrogen and oxygen atoms in total. The lowest BCUT2D eigenvalue weighted by atomic mass is 10.1. The standard InChI is InChI=1S/C17H23ClN4/c1-19-17(22-14-4-2-3-5-14)20-9-8-12-11-21-16-7-6-13(18)10-15(12)16/h6-7,10-11,14,21H,2-5,8-9H2,1H3,(H2,19,20,22). The van der Waals surface area contributed by atoms with Crippen molar-refractivity contribution >= 4 is 28.5 Å². The number of nitrogens with zero attached hydrogens (tertiary/aromatic N) is 1. The van der Waals surface area contributed by atoms with Gasteiger partial charge in [0.1, 0.15) is 0 Å². The van der Waals surface area contributed by atoms with Crippen LogP contribution in [0.1, 0.15) is 31.2 Å². The van der Waals surface area contributed by atoms with Crippen molar-refractivity contribution in [2.45, 2.75) is 38.1 Å². The fourth-order valence-electron chi connectivity index (χ4n) is 3.13. The molecule has 0 bridgehead atoms. The van der Waals surface area contributed by atoms with Gasteiger partial charge in [0.25, 0.3) is 0 Å². The van der Waals surface area contributed by atoms with Crippen molar-refractivity contribution in [3.63, 3.8) is 0 Å². The summed E-state index contributed by atoms with van der Waals surface area (Å²) >= 11 is 6.09. The molecular formula is C17H23ClN4. The van der Waals surface area contributed by atoms with Gasteiger partial charge in [-0.2, -0.15) is 0 Å². The maximum absolute atomic E-state index is 6.09. The molecule has 1 aromatic carbocycles.